The number of nitrogens with one attached hydrogen (secondary N) is 1. The van der Waals surface area contributed by atoms with Crippen LogP contribution in [0, 0.1) is 5.82 Å². The maximum atomic E-state index is 13.6. The van der Waals surface area contributed by atoms with Gasteiger partial charge < -0.3 is 5.32 Å². The van der Waals surface area contributed by atoms with Crippen LogP contribution in [-0.2, 0) is 4.79 Å². The predicted molar refractivity (Wildman–Crippen MR) is 80.8 cm³/mol. The first-order valence-electron chi connectivity index (χ1n) is 6.68. The van der Waals surface area contributed by atoms with E-state index in [0.29, 0.717) is 10.4 Å². The van der Waals surface area contributed by atoms with Gasteiger partial charge in [-0.3, -0.25) is 9.59 Å². The monoisotopic (exact) mass is 305 g/mol. The lowest BCUT2D eigenvalue weighted by molar-refractivity contribution is -0.121. The first-order chi connectivity index (χ1) is 10.1. The Bertz CT molecular complexity index is 625. The van der Waals surface area contributed by atoms with Crippen molar-refractivity contribution in [3.63, 3.8) is 0 Å². The van der Waals surface area contributed by atoms with Gasteiger partial charge in [0.1, 0.15) is 5.82 Å². The summed E-state index contributed by atoms with van der Waals surface area (Å²) in [6.45, 7) is 1.72. The number of benzene rings is 1. The maximum absolute atomic E-state index is 13.6. The topological polar surface area (TPSA) is 46.2 Å². The van der Waals surface area contributed by atoms with Crippen molar-refractivity contribution in [3.8, 4) is 0 Å². The lowest BCUT2D eigenvalue weighted by Gasteiger charge is -2.14. The Kier molecular flexibility index (Phi) is 5.22. The highest BCUT2D eigenvalue weighted by atomic mass is 32.1. The van der Waals surface area contributed by atoms with Crippen LogP contribution in [0.3, 0.4) is 0 Å². The molecule has 0 saturated heterocycles. The quantitative estimate of drug-likeness (QED) is 0.827. The van der Waals surface area contributed by atoms with Crippen LogP contribution in [0.1, 0.15) is 41.0 Å². The van der Waals surface area contributed by atoms with E-state index in [-0.39, 0.29) is 30.3 Å². The van der Waals surface area contributed by atoms with Crippen molar-refractivity contribution in [2.75, 3.05) is 0 Å². The van der Waals surface area contributed by atoms with E-state index in [1.54, 1.807) is 37.3 Å². The normalized spacial score (nSPS) is 11.9. The van der Waals surface area contributed by atoms with E-state index in [2.05, 4.69) is 5.32 Å². The molecule has 1 aromatic carbocycles. The van der Waals surface area contributed by atoms with Gasteiger partial charge in [-0.2, -0.15) is 0 Å². The number of amides is 1. The fourth-order valence-electron chi connectivity index (χ4n) is 2.01. The largest absolute Gasteiger partial charge is 0.349 e. The summed E-state index contributed by atoms with van der Waals surface area (Å²) >= 11 is 1.36. The van der Waals surface area contributed by atoms with Crippen molar-refractivity contribution in [1.82, 2.24) is 5.32 Å². The zero-order valence-electron chi connectivity index (χ0n) is 11.6. The molecule has 110 valence electrons. The van der Waals surface area contributed by atoms with Crippen molar-refractivity contribution in [3.05, 3.63) is 58.0 Å². The highest BCUT2D eigenvalue weighted by molar-refractivity contribution is 7.12. The zero-order valence-corrected chi connectivity index (χ0v) is 12.5. The number of carbonyl (C=O) groups is 2. The second kappa shape index (κ2) is 7.13. The van der Waals surface area contributed by atoms with E-state index in [9.17, 15) is 14.0 Å². The van der Waals surface area contributed by atoms with Crippen LogP contribution in [0.15, 0.2) is 41.8 Å². The number of ketones is 1. The van der Waals surface area contributed by atoms with Gasteiger partial charge in [-0.15, -0.1) is 11.3 Å². The van der Waals surface area contributed by atoms with E-state index in [1.807, 2.05) is 5.38 Å². The Morgan fingerprint density at radius 1 is 1.19 bits per heavy atom. The third-order valence-corrected chi connectivity index (χ3v) is 4.04. The van der Waals surface area contributed by atoms with Crippen LogP contribution in [0.2, 0.25) is 0 Å². The number of Topliss-reactive ketones (excluding diaryl/α,β-unsaturated/α-hetero) is 1. The molecule has 1 amide bonds. The van der Waals surface area contributed by atoms with Gasteiger partial charge in [-0.25, -0.2) is 4.39 Å². The van der Waals surface area contributed by atoms with Crippen LogP contribution >= 0.6 is 11.3 Å². The van der Waals surface area contributed by atoms with Gasteiger partial charge in [0.15, 0.2) is 5.78 Å². The lowest BCUT2D eigenvalue weighted by atomic mass is 10.1. The molecule has 5 heteroatoms. The number of hydrogen-bond acceptors (Lipinski definition) is 3. The molecule has 2 aromatic rings. The second-order valence-electron chi connectivity index (χ2n) is 4.71. The summed E-state index contributed by atoms with van der Waals surface area (Å²) in [6, 6.07) is 9.45. The van der Waals surface area contributed by atoms with Crippen LogP contribution in [0.25, 0.3) is 0 Å². The van der Waals surface area contributed by atoms with E-state index < -0.39 is 6.04 Å². The van der Waals surface area contributed by atoms with Gasteiger partial charge in [-0.05, 0) is 24.4 Å². The molecule has 1 heterocycles. The molecule has 0 spiro atoms. The molecule has 0 unspecified atom stereocenters. The molecule has 3 nitrogen and oxygen atoms in total. The summed E-state index contributed by atoms with van der Waals surface area (Å²) in [6.07, 6.45) is 0.270. The average molecular weight is 305 g/mol. The smallest absolute Gasteiger partial charge is 0.220 e. The molecule has 1 atom stereocenters. The summed E-state index contributed by atoms with van der Waals surface area (Å²) in [7, 11) is 0. The van der Waals surface area contributed by atoms with Crippen LogP contribution < -0.4 is 5.32 Å². The molecule has 0 saturated carbocycles. The summed E-state index contributed by atoms with van der Waals surface area (Å²) in [5.41, 5.74) is 0.440. The van der Waals surface area contributed by atoms with Gasteiger partial charge >= 0.3 is 0 Å². The van der Waals surface area contributed by atoms with E-state index >= 15 is 0 Å². The maximum Gasteiger partial charge on any atom is 0.220 e. The lowest BCUT2D eigenvalue weighted by Crippen LogP contribution is -2.27. The van der Waals surface area contributed by atoms with Gasteiger partial charge in [0.25, 0.3) is 0 Å². The van der Waals surface area contributed by atoms with E-state index in [4.69, 9.17) is 0 Å². The summed E-state index contributed by atoms with van der Waals surface area (Å²) < 4.78 is 13.6. The second-order valence-corrected chi connectivity index (χ2v) is 5.66. The molecular formula is C16H16FNO2S. The number of thiophene rings is 1. The molecule has 21 heavy (non-hydrogen) atoms. The van der Waals surface area contributed by atoms with Gasteiger partial charge in [-0.1, -0.05) is 24.3 Å². The van der Waals surface area contributed by atoms with E-state index in [0.717, 1.165) is 0 Å². The molecule has 0 aliphatic carbocycles. The number of rotatable bonds is 6. The number of hydrogen-bond donors (Lipinski definition) is 1. The average Bonchev–Trinajstić information content (AvgIpc) is 2.99. The molecule has 1 aromatic heterocycles. The summed E-state index contributed by atoms with van der Waals surface area (Å²) in [5, 5.41) is 4.54. The molecule has 0 aliphatic heterocycles. The Morgan fingerprint density at radius 3 is 2.62 bits per heavy atom. The highest BCUT2D eigenvalue weighted by Crippen LogP contribution is 2.17. The van der Waals surface area contributed by atoms with Crippen molar-refractivity contribution in [2.24, 2.45) is 0 Å². The SMILES string of the molecule is C[C@@H](NC(=O)CCC(=O)c1cccs1)c1ccccc1F. The minimum atomic E-state index is -0.421. The first-order valence-corrected chi connectivity index (χ1v) is 7.56. The van der Waals surface area contributed by atoms with Gasteiger partial charge in [0.2, 0.25) is 5.91 Å². The fraction of sp³-hybridized carbons (Fsp3) is 0.250. The summed E-state index contributed by atoms with van der Waals surface area (Å²) in [4.78, 5) is 24.3. The number of halogens is 1. The van der Waals surface area contributed by atoms with Gasteiger partial charge in [0, 0.05) is 18.4 Å². The highest BCUT2D eigenvalue weighted by Gasteiger charge is 2.14. The van der Waals surface area contributed by atoms with Crippen molar-refractivity contribution >= 4 is 23.0 Å². The molecule has 0 radical (unpaired) electrons. The van der Waals surface area contributed by atoms with E-state index in [1.165, 1.54) is 17.4 Å². The van der Waals surface area contributed by atoms with Crippen molar-refractivity contribution in [1.29, 1.82) is 0 Å². The zero-order chi connectivity index (χ0) is 15.2. The minimum absolute atomic E-state index is 0.0429. The Hall–Kier alpha value is -2.01. The minimum Gasteiger partial charge on any atom is -0.349 e. The van der Waals surface area contributed by atoms with Crippen molar-refractivity contribution < 1.29 is 14.0 Å². The van der Waals surface area contributed by atoms with Crippen LogP contribution in [0.5, 0.6) is 0 Å². The first kappa shape index (κ1) is 15.4. The Balaban J connectivity index is 1.85. The van der Waals surface area contributed by atoms with Crippen LogP contribution in [-0.4, -0.2) is 11.7 Å². The predicted octanol–water partition coefficient (Wildman–Crippen LogP) is 3.73. The third kappa shape index (κ3) is 4.23. The fourth-order valence-corrected chi connectivity index (χ4v) is 2.70. The van der Waals surface area contributed by atoms with Crippen molar-refractivity contribution in [2.45, 2.75) is 25.8 Å². The van der Waals surface area contributed by atoms with Crippen LogP contribution in [0.4, 0.5) is 4.39 Å². The standard InChI is InChI=1S/C16H16FNO2S/c1-11(12-5-2-3-6-13(12)17)18-16(20)9-8-14(19)15-7-4-10-21-15/h2-7,10-11H,8-9H2,1H3,(H,18,20)/t11-/m1/s1. The third-order valence-electron chi connectivity index (χ3n) is 3.12. The Labute approximate surface area is 126 Å². The molecule has 0 fully saturated rings. The molecule has 2 rings (SSSR count). The molecule has 1 N–H and O–H groups in total. The Morgan fingerprint density at radius 2 is 1.95 bits per heavy atom. The molecule has 0 bridgehead atoms. The van der Waals surface area contributed by atoms with Gasteiger partial charge in [0.05, 0.1) is 10.9 Å². The molecular weight excluding hydrogens is 289 g/mol. The number of carbonyl (C=O) groups excluding carboxylic acids is 2. The molecule has 0 aliphatic rings. The summed E-state index contributed by atoms with van der Waals surface area (Å²) in [5.74, 6) is -0.644.